The van der Waals surface area contributed by atoms with Crippen LogP contribution in [0.15, 0.2) is 42.5 Å². The summed E-state index contributed by atoms with van der Waals surface area (Å²) in [5.74, 6) is -1.05. The van der Waals surface area contributed by atoms with Crippen molar-refractivity contribution in [1.29, 1.82) is 0 Å². The van der Waals surface area contributed by atoms with Gasteiger partial charge in [0.05, 0.1) is 12.5 Å². The van der Waals surface area contributed by atoms with Crippen molar-refractivity contribution in [1.82, 2.24) is 5.32 Å². The molecule has 2 N–H and O–H groups in total. The van der Waals surface area contributed by atoms with Gasteiger partial charge in [-0.25, -0.2) is 0 Å². The number of hydrogen-bond acceptors (Lipinski definition) is 3. The first kappa shape index (κ1) is 17.3. The fraction of sp³-hybridized carbons (Fsp3) is 0.333. The minimum atomic E-state index is -0.929. The van der Waals surface area contributed by atoms with E-state index < -0.39 is 12.0 Å². The number of aliphatic carboxylic acids is 1. The van der Waals surface area contributed by atoms with Gasteiger partial charge in [0.15, 0.2) is 0 Å². The fourth-order valence-electron chi connectivity index (χ4n) is 2.45. The van der Waals surface area contributed by atoms with E-state index in [-0.39, 0.29) is 17.6 Å². The predicted molar refractivity (Wildman–Crippen MR) is 94.7 cm³/mol. The Hall–Kier alpha value is -2.01. The molecule has 5 heteroatoms. The van der Waals surface area contributed by atoms with Crippen LogP contribution in [0.3, 0.4) is 0 Å². The minimum Gasteiger partial charge on any atom is -0.481 e. The number of thioether (sulfide) groups is 1. The molecule has 0 saturated heterocycles. The first-order valence-electron chi connectivity index (χ1n) is 7.52. The van der Waals surface area contributed by atoms with E-state index in [4.69, 9.17) is 5.11 Å². The van der Waals surface area contributed by atoms with Crippen molar-refractivity contribution in [2.45, 2.75) is 31.1 Å². The molecule has 122 valence electrons. The highest BCUT2D eigenvalue weighted by molar-refractivity contribution is 7.99. The molecule has 0 aromatic heterocycles. The van der Waals surface area contributed by atoms with Crippen molar-refractivity contribution in [2.24, 2.45) is 0 Å². The van der Waals surface area contributed by atoms with Crippen molar-refractivity contribution in [3.8, 4) is 0 Å². The number of carbonyl (C=O) groups is 2. The molecule has 0 heterocycles. The summed E-state index contributed by atoms with van der Waals surface area (Å²) in [6, 6.07) is 13.2. The Balaban J connectivity index is 2.22. The summed E-state index contributed by atoms with van der Waals surface area (Å²) in [5.41, 5.74) is 0.816. The Bertz CT molecular complexity index is 701. The number of carbonyl (C=O) groups excluding carboxylic acids is 1. The Kier molecular flexibility index (Phi) is 6.04. The highest BCUT2D eigenvalue weighted by Crippen LogP contribution is 2.23. The lowest BCUT2D eigenvalue weighted by atomic mass is 9.99. The lowest BCUT2D eigenvalue weighted by Gasteiger charge is -2.19. The summed E-state index contributed by atoms with van der Waals surface area (Å²) in [7, 11) is 0. The standard InChI is InChI=1S/C18H21NO3S/c1-12(23-2)9-17(20)19-16(11-18(21)22)15-8-7-13-5-3-4-6-14(13)10-15/h3-8,10,12,16H,9,11H2,1-2H3,(H,19,20)(H,21,22)/t12?,16-/m0/s1. The van der Waals surface area contributed by atoms with Crippen molar-refractivity contribution in [2.75, 3.05) is 6.26 Å². The average molecular weight is 331 g/mol. The number of benzene rings is 2. The van der Waals surface area contributed by atoms with Crippen LogP contribution in [0.25, 0.3) is 10.8 Å². The summed E-state index contributed by atoms with van der Waals surface area (Å²) in [6.45, 7) is 1.98. The zero-order chi connectivity index (χ0) is 16.8. The van der Waals surface area contributed by atoms with Crippen LogP contribution in [-0.4, -0.2) is 28.5 Å². The third-order valence-electron chi connectivity index (χ3n) is 3.77. The average Bonchev–Trinajstić information content (AvgIpc) is 2.53. The molecule has 0 aliphatic carbocycles. The van der Waals surface area contributed by atoms with Crippen LogP contribution in [-0.2, 0) is 9.59 Å². The number of rotatable bonds is 7. The highest BCUT2D eigenvalue weighted by Gasteiger charge is 2.19. The van der Waals surface area contributed by atoms with E-state index in [9.17, 15) is 9.59 Å². The molecule has 0 radical (unpaired) electrons. The van der Waals surface area contributed by atoms with Crippen LogP contribution in [0.5, 0.6) is 0 Å². The molecule has 0 saturated carbocycles. The maximum atomic E-state index is 12.1. The molecule has 1 amide bonds. The second-order valence-electron chi connectivity index (χ2n) is 5.57. The number of amides is 1. The summed E-state index contributed by atoms with van der Waals surface area (Å²) in [5, 5.41) is 14.3. The van der Waals surface area contributed by atoms with E-state index in [0.717, 1.165) is 16.3 Å². The molecular weight excluding hydrogens is 310 g/mol. The molecule has 2 rings (SSSR count). The number of hydrogen-bond donors (Lipinski definition) is 2. The summed E-state index contributed by atoms with van der Waals surface area (Å²) < 4.78 is 0. The number of carboxylic acid groups (broad SMARTS) is 1. The Morgan fingerprint density at radius 2 is 1.83 bits per heavy atom. The van der Waals surface area contributed by atoms with E-state index in [1.54, 1.807) is 11.8 Å². The molecule has 0 aliphatic rings. The fourth-order valence-corrected chi connectivity index (χ4v) is 2.77. The summed E-state index contributed by atoms with van der Waals surface area (Å²) in [4.78, 5) is 23.3. The van der Waals surface area contributed by atoms with Gasteiger partial charge in [-0.05, 0) is 28.7 Å². The number of carboxylic acids is 1. The molecule has 2 aromatic rings. The number of nitrogens with one attached hydrogen (secondary N) is 1. The van der Waals surface area contributed by atoms with Crippen LogP contribution < -0.4 is 5.32 Å². The van der Waals surface area contributed by atoms with Gasteiger partial charge < -0.3 is 10.4 Å². The molecule has 1 unspecified atom stereocenters. The van der Waals surface area contributed by atoms with E-state index in [0.29, 0.717) is 6.42 Å². The van der Waals surface area contributed by atoms with Crippen LogP contribution in [0.2, 0.25) is 0 Å². The van der Waals surface area contributed by atoms with Gasteiger partial charge in [0.1, 0.15) is 0 Å². The third-order valence-corrected chi connectivity index (χ3v) is 4.74. The molecule has 2 atom stereocenters. The van der Waals surface area contributed by atoms with Gasteiger partial charge >= 0.3 is 5.97 Å². The molecule has 0 aliphatic heterocycles. The maximum Gasteiger partial charge on any atom is 0.305 e. The van der Waals surface area contributed by atoms with E-state index >= 15 is 0 Å². The summed E-state index contributed by atoms with van der Waals surface area (Å²) in [6.07, 6.45) is 2.21. The monoisotopic (exact) mass is 331 g/mol. The van der Waals surface area contributed by atoms with Crippen LogP contribution in [0.4, 0.5) is 0 Å². The van der Waals surface area contributed by atoms with Gasteiger partial charge in [0.2, 0.25) is 5.91 Å². The van der Waals surface area contributed by atoms with Crippen molar-refractivity contribution >= 4 is 34.4 Å². The van der Waals surface area contributed by atoms with Crippen LogP contribution in [0, 0.1) is 0 Å². The summed E-state index contributed by atoms with van der Waals surface area (Å²) >= 11 is 1.61. The molecule has 0 bridgehead atoms. The Morgan fingerprint density at radius 3 is 2.48 bits per heavy atom. The highest BCUT2D eigenvalue weighted by atomic mass is 32.2. The van der Waals surface area contributed by atoms with Gasteiger partial charge in [-0.1, -0.05) is 43.3 Å². The van der Waals surface area contributed by atoms with Gasteiger partial charge in [0.25, 0.3) is 0 Å². The minimum absolute atomic E-state index is 0.119. The maximum absolute atomic E-state index is 12.1. The first-order valence-corrected chi connectivity index (χ1v) is 8.81. The largest absolute Gasteiger partial charge is 0.481 e. The quantitative estimate of drug-likeness (QED) is 0.813. The van der Waals surface area contributed by atoms with Crippen LogP contribution in [0.1, 0.15) is 31.4 Å². The Morgan fingerprint density at radius 1 is 1.13 bits per heavy atom. The van der Waals surface area contributed by atoms with E-state index in [2.05, 4.69) is 5.32 Å². The second kappa shape index (κ2) is 8.02. The molecular formula is C18H21NO3S. The van der Waals surface area contributed by atoms with Crippen molar-refractivity contribution in [3.05, 3.63) is 48.0 Å². The lowest BCUT2D eigenvalue weighted by molar-refractivity contribution is -0.137. The SMILES string of the molecule is CSC(C)CC(=O)N[C@@H](CC(=O)O)c1ccc2ccccc2c1. The van der Waals surface area contributed by atoms with Gasteiger partial charge in [-0.15, -0.1) is 0 Å². The zero-order valence-corrected chi connectivity index (χ0v) is 14.1. The Labute approximate surface area is 140 Å². The van der Waals surface area contributed by atoms with Crippen molar-refractivity contribution in [3.63, 3.8) is 0 Å². The van der Waals surface area contributed by atoms with Crippen LogP contribution >= 0.6 is 11.8 Å². The zero-order valence-electron chi connectivity index (χ0n) is 13.3. The van der Waals surface area contributed by atoms with Crippen molar-refractivity contribution < 1.29 is 14.7 Å². The van der Waals surface area contributed by atoms with E-state index in [1.165, 1.54) is 0 Å². The number of fused-ring (bicyclic) bond motifs is 1. The molecule has 0 spiro atoms. The smallest absolute Gasteiger partial charge is 0.305 e. The predicted octanol–water partition coefficient (Wildman–Crippen LogP) is 3.61. The first-order chi connectivity index (χ1) is 11.0. The molecule has 4 nitrogen and oxygen atoms in total. The van der Waals surface area contributed by atoms with Gasteiger partial charge in [-0.3, -0.25) is 9.59 Å². The molecule has 23 heavy (non-hydrogen) atoms. The van der Waals surface area contributed by atoms with Gasteiger partial charge in [0, 0.05) is 11.7 Å². The lowest BCUT2D eigenvalue weighted by Crippen LogP contribution is -2.31. The van der Waals surface area contributed by atoms with E-state index in [1.807, 2.05) is 55.6 Å². The third kappa shape index (κ3) is 4.99. The normalized spacial score (nSPS) is 13.5. The topological polar surface area (TPSA) is 66.4 Å². The van der Waals surface area contributed by atoms with Gasteiger partial charge in [-0.2, -0.15) is 11.8 Å². The molecule has 2 aromatic carbocycles. The molecule has 0 fully saturated rings. The second-order valence-corrected chi connectivity index (χ2v) is 6.85.